The molecular weight excluding hydrogens is 452 g/mol. The van der Waals surface area contributed by atoms with E-state index in [1.807, 2.05) is 48.7 Å². The molecule has 0 fully saturated rings. The molecule has 0 bridgehead atoms. The van der Waals surface area contributed by atoms with E-state index < -0.39 is 0 Å². The second kappa shape index (κ2) is 10.5. The lowest BCUT2D eigenvalue weighted by atomic mass is 10.1. The smallest absolute Gasteiger partial charge is 0.276 e. The zero-order valence-corrected chi connectivity index (χ0v) is 20.1. The van der Waals surface area contributed by atoms with Crippen molar-refractivity contribution in [2.75, 3.05) is 11.9 Å². The van der Waals surface area contributed by atoms with Crippen LogP contribution in [0.4, 0.5) is 5.13 Å². The fourth-order valence-electron chi connectivity index (χ4n) is 3.23. The van der Waals surface area contributed by atoms with Crippen molar-refractivity contribution < 1.29 is 9.59 Å². The maximum absolute atomic E-state index is 12.6. The molecule has 0 saturated heterocycles. The first-order chi connectivity index (χ1) is 16.0. The maximum Gasteiger partial charge on any atom is 0.276 e. The van der Waals surface area contributed by atoms with Crippen molar-refractivity contribution in [3.8, 4) is 21.8 Å². The van der Waals surface area contributed by atoms with Crippen LogP contribution in [0.15, 0.2) is 59.3 Å². The second-order valence-electron chi connectivity index (χ2n) is 7.68. The Morgan fingerprint density at radius 2 is 1.64 bits per heavy atom. The van der Waals surface area contributed by atoms with Crippen molar-refractivity contribution in [3.63, 3.8) is 0 Å². The highest BCUT2D eigenvalue weighted by molar-refractivity contribution is 7.14. The van der Waals surface area contributed by atoms with E-state index in [0.717, 1.165) is 34.7 Å². The van der Waals surface area contributed by atoms with Gasteiger partial charge in [-0.15, -0.1) is 22.7 Å². The van der Waals surface area contributed by atoms with E-state index in [-0.39, 0.29) is 11.8 Å². The van der Waals surface area contributed by atoms with Gasteiger partial charge in [0.25, 0.3) is 5.91 Å². The molecule has 4 aromatic rings. The third-order valence-corrected chi connectivity index (χ3v) is 6.67. The predicted octanol–water partition coefficient (Wildman–Crippen LogP) is 5.56. The number of nitrogens with zero attached hydrogens (tertiary/aromatic N) is 2. The van der Waals surface area contributed by atoms with Gasteiger partial charge >= 0.3 is 0 Å². The summed E-state index contributed by atoms with van der Waals surface area (Å²) in [4.78, 5) is 32.6. The van der Waals surface area contributed by atoms with Crippen LogP contribution < -0.4 is 10.6 Å². The normalized spacial score (nSPS) is 10.7. The van der Waals surface area contributed by atoms with Crippen LogP contribution in [-0.2, 0) is 11.2 Å². The molecule has 2 aromatic heterocycles. The topological polar surface area (TPSA) is 84.0 Å². The molecule has 6 nitrogen and oxygen atoms in total. The highest BCUT2D eigenvalue weighted by Gasteiger charge is 2.14. The van der Waals surface area contributed by atoms with Gasteiger partial charge in [0.15, 0.2) is 5.13 Å². The third-order valence-electron chi connectivity index (χ3n) is 5.03. The molecule has 0 aliphatic rings. The van der Waals surface area contributed by atoms with Gasteiger partial charge in [-0.25, -0.2) is 9.97 Å². The predicted molar refractivity (Wildman–Crippen MR) is 135 cm³/mol. The number of amides is 2. The fourth-order valence-corrected chi connectivity index (χ4v) is 4.75. The number of benzene rings is 2. The van der Waals surface area contributed by atoms with Gasteiger partial charge in [0.05, 0.1) is 5.69 Å². The van der Waals surface area contributed by atoms with Crippen LogP contribution >= 0.6 is 22.7 Å². The number of hydrogen-bond donors (Lipinski definition) is 2. The number of carbonyl (C=O) groups is 2. The number of nitrogens with one attached hydrogen (secondary N) is 2. The fraction of sp³-hybridized carbons (Fsp3) is 0.200. The average Bonchev–Trinajstić information content (AvgIpc) is 3.48. The van der Waals surface area contributed by atoms with Crippen molar-refractivity contribution in [1.29, 1.82) is 0 Å². The van der Waals surface area contributed by atoms with E-state index in [9.17, 15) is 9.59 Å². The number of anilines is 1. The summed E-state index contributed by atoms with van der Waals surface area (Å²) in [5, 5.41) is 10.7. The standard InChI is InChI=1S/C25H24N4O2S2/c1-16-5-9-20(10-6-16)24-27-22(15-32-24)23(31)29-25-28-21(14-33-25)19-11-7-18(8-12-19)4-3-13-26-17(2)30/h5-12,14-15H,3-4,13H2,1-2H3,(H,26,30)(H,28,29,31). The lowest BCUT2D eigenvalue weighted by Crippen LogP contribution is -2.21. The van der Waals surface area contributed by atoms with Gasteiger partial charge in [-0.3, -0.25) is 14.9 Å². The van der Waals surface area contributed by atoms with Crippen molar-refractivity contribution in [3.05, 3.63) is 76.1 Å². The van der Waals surface area contributed by atoms with Gasteiger partial charge in [-0.05, 0) is 25.3 Å². The van der Waals surface area contributed by atoms with E-state index in [1.54, 1.807) is 5.38 Å². The van der Waals surface area contributed by atoms with Crippen LogP contribution in [0.2, 0.25) is 0 Å². The van der Waals surface area contributed by atoms with E-state index in [2.05, 4.69) is 32.7 Å². The van der Waals surface area contributed by atoms with E-state index >= 15 is 0 Å². The Balaban J connectivity index is 1.35. The molecule has 2 aromatic carbocycles. The van der Waals surface area contributed by atoms with Crippen molar-refractivity contribution in [2.24, 2.45) is 0 Å². The minimum absolute atomic E-state index is 0.00161. The second-order valence-corrected chi connectivity index (χ2v) is 9.40. The van der Waals surface area contributed by atoms with Crippen LogP contribution in [0.5, 0.6) is 0 Å². The summed E-state index contributed by atoms with van der Waals surface area (Å²) in [5.41, 5.74) is 5.59. The summed E-state index contributed by atoms with van der Waals surface area (Å²) in [5.74, 6) is -0.265. The molecule has 0 aliphatic heterocycles. The Morgan fingerprint density at radius 1 is 0.909 bits per heavy atom. The van der Waals surface area contributed by atoms with E-state index in [1.165, 1.54) is 40.7 Å². The average molecular weight is 477 g/mol. The summed E-state index contributed by atoms with van der Waals surface area (Å²) in [6.07, 6.45) is 1.80. The number of thiazole rings is 2. The van der Waals surface area contributed by atoms with Crippen LogP contribution in [-0.4, -0.2) is 28.3 Å². The minimum Gasteiger partial charge on any atom is -0.356 e. The van der Waals surface area contributed by atoms with Crippen molar-refractivity contribution in [1.82, 2.24) is 15.3 Å². The zero-order chi connectivity index (χ0) is 23.2. The minimum atomic E-state index is -0.264. The van der Waals surface area contributed by atoms with Gasteiger partial charge in [0.2, 0.25) is 5.91 Å². The number of carbonyl (C=O) groups excluding carboxylic acids is 2. The summed E-state index contributed by atoms with van der Waals surface area (Å²) in [6.45, 7) is 4.24. The first kappa shape index (κ1) is 22.8. The van der Waals surface area contributed by atoms with Crippen LogP contribution in [0, 0.1) is 6.92 Å². The van der Waals surface area contributed by atoms with Gasteiger partial charge in [-0.1, -0.05) is 54.1 Å². The Hall–Kier alpha value is -3.36. The molecule has 0 radical (unpaired) electrons. The molecule has 2 N–H and O–H groups in total. The first-order valence-corrected chi connectivity index (χ1v) is 12.4. The Kier molecular flexibility index (Phi) is 7.26. The number of rotatable bonds is 8. The first-order valence-electron chi connectivity index (χ1n) is 10.6. The van der Waals surface area contributed by atoms with Gasteiger partial charge < -0.3 is 5.32 Å². The number of hydrogen-bond acceptors (Lipinski definition) is 6. The molecule has 4 rings (SSSR count). The van der Waals surface area contributed by atoms with Crippen LogP contribution in [0.25, 0.3) is 21.8 Å². The zero-order valence-electron chi connectivity index (χ0n) is 18.4. The summed E-state index contributed by atoms with van der Waals surface area (Å²) >= 11 is 2.84. The van der Waals surface area contributed by atoms with E-state index in [0.29, 0.717) is 17.4 Å². The molecule has 2 heterocycles. The van der Waals surface area contributed by atoms with Crippen LogP contribution in [0.1, 0.15) is 35.0 Å². The molecule has 168 valence electrons. The van der Waals surface area contributed by atoms with Gasteiger partial charge in [0, 0.05) is 35.4 Å². The molecule has 33 heavy (non-hydrogen) atoms. The number of aryl methyl sites for hydroxylation is 2. The molecular formula is C25H24N4O2S2. The maximum atomic E-state index is 12.6. The SMILES string of the molecule is CC(=O)NCCCc1ccc(-c2csc(NC(=O)c3csc(-c4ccc(C)cc4)n3)n2)cc1. The Labute approximate surface area is 200 Å². The largest absolute Gasteiger partial charge is 0.356 e. The summed E-state index contributed by atoms with van der Waals surface area (Å²) in [6, 6.07) is 16.3. The Bertz CT molecular complexity index is 1240. The summed E-state index contributed by atoms with van der Waals surface area (Å²) in [7, 11) is 0. The van der Waals surface area contributed by atoms with Crippen LogP contribution in [0.3, 0.4) is 0 Å². The van der Waals surface area contributed by atoms with Crippen molar-refractivity contribution >= 4 is 39.6 Å². The third kappa shape index (κ3) is 6.12. The molecule has 0 unspecified atom stereocenters. The molecule has 2 amide bonds. The Morgan fingerprint density at radius 3 is 2.36 bits per heavy atom. The molecule has 0 aliphatic carbocycles. The molecule has 0 spiro atoms. The highest BCUT2D eigenvalue weighted by atomic mass is 32.1. The highest BCUT2D eigenvalue weighted by Crippen LogP contribution is 2.27. The molecule has 0 saturated carbocycles. The monoisotopic (exact) mass is 476 g/mol. The molecule has 0 atom stereocenters. The summed E-state index contributed by atoms with van der Waals surface area (Å²) < 4.78 is 0. The van der Waals surface area contributed by atoms with E-state index in [4.69, 9.17) is 0 Å². The quantitative estimate of drug-likeness (QED) is 0.326. The number of aromatic nitrogens is 2. The van der Waals surface area contributed by atoms with Gasteiger partial charge in [0.1, 0.15) is 10.7 Å². The lowest BCUT2D eigenvalue weighted by Gasteiger charge is -2.04. The molecule has 8 heteroatoms. The van der Waals surface area contributed by atoms with Gasteiger partial charge in [-0.2, -0.15) is 0 Å². The van der Waals surface area contributed by atoms with Crippen molar-refractivity contribution in [2.45, 2.75) is 26.7 Å². The lowest BCUT2D eigenvalue weighted by molar-refractivity contribution is -0.118.